The molecule has 2 aromatic rings. The van der Waals surface area contributed by atoms with E-state index in [4.69, 9.17) is 4.74 Å². The van der Waals surface area contributed by atoms with Gasteiger partial charge in [0, 0.05) is 30.8 Å². The molecule has 0 atom stereocenters. The fourth-order valence-corrected chi connectivity index (χ4v) is 2.96. The molecule has 1 heterocycles. The first kappa shape index (κ1) is 20.0. The lowest BCUT2D eigenvalue weighted by Gasteiger charge is -2.31. The van der Waals surface area contributed by atoms with Gasteiger partial charge < -0.3 is 9.64 Å². The summed E-state index contributed by atoms with van der Waals surface area (Å²) >= 11 is 0. The minimum absolute atomic E-state index is 0.00213. The van der Waals surface area contributed by atoms with Crippen LogP contribution < -0.4 is 9.64 Å². The number of benzene rings is 2. The number of fused-ring (bicyclic) bond motifs is 1. The fourth-order valence-electron chi connectivity index (χ4n) is 2.96. The second kappa shape index (κ2) is 8.51. The molecule has 8 nitrogen and oxygen atoms in total. The quantitative estimate of drug-likeness (QED) is 0.405. The maximum atomic E-state index is 14.0. The number of hydrogen-bond donors (Lipinski definition) is 0. The molecule has 1 aliphatic heterocycles. The third kappa shape index (κ3) is 4.40. The summed E-state index contributed by atoms with van der Waals surface area (Å²) in [5.74, 6) is -1.14. The van der Waals surface area contributed by atoms with Gasteiger partial charge in [0.1, 0.15) is 18.1 Å². The summed E-state index contributed by atoms with van der Waals surface area (Å²) in [6.07, 6.45) is 1.50. The molecule has 29 heavy (non-hydrogen) atoms. The molecule has 0 bridgehead atoms. The first-order valence-electron chi connectivity index (χ1n) is 8.74. The average Bonchev–Trinajstić information content (AvgIpc) is 2.70. The van der Waals surface area contributed by atoms with Gasteiger partial charge in [-0.15, -0.1) is 6.58 Å². The van der Waals surface area contributed by atoms with Crippen molar-refractivity contribution in [3.05, 3.63) is 76.6 Å². The summed E-state index contributed by atoms with van der Waals surface area (Å²) in [5, 5.41) is 11.1. The van der Waals surface area contributed by atoms with Gasteiger partial charge in [-0.3, -0.25) is 24.6 Å². The summed E-state index contributed by atoms with van der Waals surface area (Å²) in [5.41, 5.74) is 0.245. The van der Waals surface area contributed by atoms with E-state index in [0.29, 0.717) is 5.56 Å². The molecule has 2 aromatic carbocycles. The molecule has 2 amide bonds. The highest BCUT2D eigenvalue weighted by atomic mass is 19.1. The molecule has 0 aromatic heterocycles. The number of carbonyl (C=O) groups excluding carboxylic acids is 2. The van der Waals surface area contributed by atoms with Crippen molar-refractivity contribution in [2.45, 2.75) is 6.54 Å². The second-order valence-electron chi connectivity index (χ2n) is 6.33. The number of nitro benzene ring substituents is 1. The zero-order valence-electron chi connectivity index (χ0n) is 15.4. The predicted octanol–water partition coefficient (Wildman–Crippen LogP) is 2.67. The van der Waals surface area contributed by atoms with Crippen LogP contribution in [-0.2, 0) is 16.1 Å². The van der Waals surface area contributed by atoms with Crippen LogP contribution in [0.1, 0.15) is 5.56 Å². The molecule has 1 aliphatic rings. The molecule has 0 unspecified atom stereocenters. The van der Waals surface area contributed by atoms with E-state index in [1.807, 2.05) is 0 Å². The first-order chi connectivity index (χ1) is 13.9. The fraction of sp³-hybridized carbons (Fsp3) is 0.200. The molecule has 9 heteroatoms. The molecule has 0 radical (unpaired) electrons. The molecule has 0 fully saturated rings. The number of carbonyl (C=O) groups is 2. The molecule has 0 aliphatic carbocycles. The topological polar surface area (TPSA) is 93.0 Å². The van der Waals surface area contributed by atoms with E-state index >= 15 is 0 Å². The van der Waals surface area contributed by atoms with Crippen LogP contribution in [0, 0.1) is 15.9 Å². The molecule has 0 spiro atoms. The zero-order valence-corrected chi connectivity index (χ0v) is 15.4. The molecule has 150 valence electrons. The Morgan fingerprint density at radius 2 is 2.10 bits per heavy atom. The van der Waals surface area contributed by atoms with Gasteiger partial charge in [0.05, 0.1) is 10.6 Å². The van der Waals surface area contributed by atoms with Gasteiger partial charge in [-0.25, -0.2) is 4.39 Å². The molecule has 0 saturated carbocycles. The van der Waals surface area contributed by atoms with E-state index in [0.717, 1.165) is 4.90 Å². The lowest BCUT2D eigenvalue weighted by atomic mass is 10.2. The van der Waals surface area contributed by atoms with Crippen molar-refractivity contribution in [2.24, 2.45) is 0 Å². The van der Waals surface area contributed by atoms with Crippen LogP contribution in [0.25, 0.3) is 0 Å². The minimum Gasteiger partial charge on any atom is -0.482 e. The van der Waals surface area contributed by atoms with Crippen LogP contribution in [-0.4, -0.2) is 41.3 Å². The lowest BCUT2D eigenvalue weighted by Crippen LogP contribution is -2.46. The summed E-state index contributed by atoms with van der Waals surface area (Å²) in [7, 11) is 0. The summed E-state index contributed by atoms with van der Waals surface area (Å²) < 4.78 is 19.3. The van der Waals surface area contributed by atoms with Gasteiger partial charge >= 0.3 is 0 Å². The number of nitrogens with zero attached hydrogens (tertiary/aromatic N) is 3. The summed E-state index contributed by atoms with van der Waals surface area (Å²) in [6, 6.07) is 9.91. The van der Waals surface area contributed by atoms with Crippen LogP contribution in [0.15, 0.2) is 55.1 Å². The van der Waals surface area contributed by atoms with Crippen LogP contribution >= 0.6 is 0 Å². The number of nitro groups is 1. The van der Waals surface area contributed by atoms with Gasteiger partial charge in [-0.1, -0.05) is 24.3 Å². The Balaban J connectivity index is 1.85. The van der Waals surface area contributed by atoms with Crippen molar-refractivity contribution >= 4 is 23.2 Å². The largest absolute Gasteiger partial charge is 0.482 e. The second-order valence-corrected chi connectivity index (χ2v) is 6.33. The molecular formula is C20H18FN3O5. The van der Waals surface area contributed by atoms with E-state index in [2.05, 4.69) is 6.58 Å². The maximum Gasteiger partial charge on any atom is 0.271 e. The zero-order chi connectivity index (χ0) is 21.0. The van der Waals surface area contributed by atoms with Crippen molar-refractivity contribution in [3.8, 4) is 5.75 Å². The van der Waals surface area contributed by atoms with Crippen molar-refractivity contribution < 1.29 is 23.6 Å². The molecule has 3 rings (SSSR count). The van der Waals surface area contributed by atoms with Crippen molar-refractivity contribution in [1.82, 2.24) is 4.90 Å². The number of anilines is 1. The van der Waals surface area contributed by atoms with Crippen LogP contribution in [0.2, 0.25) is 0 Å². The molecule has 0 N–H and O–H groups in total. The normalized spacial score (nSPS) is 12.7. The van der Waals surface area contributed by atoms with Gasteiger partial charge in [0.15, 0.2) is 6.61 Å². The van der Waals surface area contributed by atoms with Crippen molar-refractivity contribution in [2.75, 3.05) is 24.6 Å². The van der Waals surface area contributed by atoms with Gasteiger partial charge in [-0.2, -0.15) is 0 Å². The SMILES string of the molecule is C=CCN(Cc1ccccc1F)C(=O)CN1C(=O)COc2ccc([N+](=O)[O-])cc21. The van der Waals surface area contributed by atoms with E-state index < -0.39 is 22.6 Å². The number of hydrogen-bond acceptors (Lipinski definition) is 5. The number of halogens is 1. The highest BCUT2D eigenvalue weighted by molar-refractivity contribution is 6.02. The average molecular weight is 399 g/mol. The van der Waals surface area contributed by atoms with E-state index in [-0.39, 0.29) is 43.4 Å². The summed E-state index contributed by atoms with van der Waals surface area (Å²) in [4.78, 5) is 38.2. The molecular weight excluding hydrogens is 381 g/mol. The van der Waals surface area contributed by atoms with Crippen molar-refractivity contribution in [3.63, 3.8) is 0 Å². The highest BCUT2D eigenvalue weighted by Crippen LogP contribution is 2.35. The van der Waals surface area contributed by atoms with E-state index in [1.165, 1.54) is 35.2 Å². The smallest absolute Gasteiger partial charge is 0.271 e. The Labute approximate surface area is 165 Å². The third-order valence-corrected chi connectivity index (χ3v) is 4.41. The van der Waals surface area contributed by atoms with Crippen molar-refractivity contribution in [1.29, 1.82) is 0 Å². The van der Waals surface area contributed by atoms with Crippen LogP contribution in [0.5, 0.6) is 5.75 Å². The highest BCUT2D eigenvalue weighted by Gasteiger charge is 2.30. The Hall–Kier alpha value is -3.75. The van der Waals surface area contributed by atoms with Gasteiger partial charge in [-0.05, 0) is 12.1 Å². The minimum atomic E-state index is -0.596. The summed E-state index contributed by atoms with van der Waals surface area (Å²) in [6.45, 7) is 3.11. The van der Waals surface area contributed by atoms with Gasteiger partial charge in [0.25, 0.3) is 11.6 Å². The Kier molecular flexibility index (Phi) is 5.87. The van der Waals surface area contributed by atoms with Gasteiger partial charge in [0.2, 0.25) is 5.91 Å². The Morgan fingerprint density at radius 3 is 2.79 bits per heavy atom. The first-order valence-corrected chi connectivity index (χ1v) is 8.74. The number of amides is 2. The lowest BCUT2D eigenvalue weighted by molar-refractivity contribution is -0.384. The Morgan fingerprint density at radius 1 is 1.34 bits per heavy atom. The third-order valence-electron chi connectivity index (χ3n) is 4.41. The number of non-ortho nitro benzene ring substituents is 1. The number of ether oxygens (including phenoxy) is 1. The van der Waals surface area contributed by atoms with E-state index in [9.17, 15) is 24.1 Å². The van der Waals surface area contributed by atoms with E-state index in [1.54, 1.807) is 18.2 Å². The Bertz CT molecular complexity index is 978. The van der Waals surface area contributed by atoms with Crippen LogP contribution in [0.3, 0.4) is 0 Å². The molecule has 0 saturated heterocycles. The predicted molar refractivity (Wildman–Crippen MR) is 103 cm³/mol. The van der Waals surface area contributed by atoms with Crippen LogP contribution in [0.4, 0.5) is 15.8 Å². The number of rotatable bonds is 7. The standard InChI is InChI=1S/C20H18FN3O5/c1-2-9-22(11-14-5-3-4-6-16(14)21)19(25)12-23-17-10-15(24(27)28)7-8-18(17)29-13-20(23)26/h2-8,10H,1,9,11-13H2. The monoisotopic (exact) mass is 399 g/mol. The maximum absolute atomic E-state index is 14.0.